The molecule has 0 atom stereocenters. The molecule has 0 fully saturated rings. The van der Waals surface area contributed by atoms with Gasteiger partial charge in [0, 0.05) is 13.0 Å². The molecule has 1 heterocycles. The van der Waals surface area contributed by atoms with Gasteiger partial charge in [0.1, 0.15) is 11.6 Å². The Balaban J connectivity index is 2.15. The molecule has 0 unspecified atom stereocenters. The minimum atomic E-state index is 0.697. The van der Waals surface area contributed by atoms with Crippen LogP contribution in [0.2, 0.25) is 0 Å². The number of nitrogens with two attached hydrogens (primary N) is 1. The summed E-state index contributed by atoms with van der Waals surface area (Å²) in [5.41, 5.74) is 6.80. The number of benzene rings is 1. The Morgan fingerprint density at radius 1 is 1.18 bits per heavy atom. The van der Waals surface area contributed by atoms with Crippen molar-refractivity contribution < 1.29 is 0 Å². The highest BCUT2D eigenvalue weighted by molar-refractivity contribution is 5.19. The van der Waals surface area contributed by atoms with Gasteiger partial charge in [0.2, 0.25) is 0 Å². The molecule has 17 heavy (non-hydrogen) atoms. The summed E-state index contributed by atoms with van der Waals surface area (Å²) in [5.74, 6) is 1.98. The van der Waals surface area contributed by atoms with Crippen LogP contribution in [-0.2, 0) is 13.0 Å². The van der Waals surface area contributed by atoms with E-state index >= 15 is 0 Å². The van der Waals surface area contributed by atoms with Crippen molar-refractivity contribution in [3.63, 3.8) is 0 Å². The maximum Gasteiger partial charge on any atom is 0.137 e. The standard InChI is InChI=1S/C13H18N4/c1-11-15-16-13(17(11)9-5-8-14)10-12-6-3-2-4-7-12/h2-4,6-7H,5,8-10,14H2,1H3. The van der Waals surface area contributed by atoms with E-state index in [9.17, 15) is 0 Å². The SMILES string of the molecule is Cc1nnc(Cc2ccccc2)n1CCCN. The molecule has 0 aliphatic heterocycles. The van der Waals surface area contributed by atoms with Gasteiger partial charge in [0.25, 0.3) is 0 Å². The van der Waals surface area contributed by atoms with Crippen LogP contribution in [0, 0.1) is 6.92 Å². The first-order chi connectivity index (χ1) is 8.31. The Kier molecular flexibility index (Phi) is 3.88. The molecule has 0 saturated carbocycles. The topological polar surface area (TPSA) is 56.7 Å². The molecule has 2 N–H and O–H groups in total. The second-order valence-corrected chi connectivity index (χ2v) is 4.12. The van der Waals surface area contributed by atoms with Gasteiger partial charge in [-0.1, -0.05) is 30.3 Å². The lowest BCUT2D eigenvalue weighted by atomic mass is 10.1. The van der Waals surface area contributed by atoms with Crippen molar-refractivity contribution in [2.24, 2.45) is 5.73 Å². The highest BCUT2D eigenvalue weighted by Gasteiger charge is 2.08. The van der Waals surface area contributed by atoms with E-state index in [2.05, 4.69) is 26.9 Å². The summed E-state index contributed by atoms with van der Waals surface area (Å²) in [7, 11) is 0. The van der Waals surface area contributed by atoms with E-state index in [0.29, 0.717) is 6.54 Å². The predicted octanol–water partition coefficient (Wildman–Crippen LogP) is 1.53. The Bertz CT molecular complexity index is 462. The zero-order valence-corrected chi connectivity index (χ0v) is 10.1. The number of hydrogen-bond acceptors (Lipinski definition) is 3. The van der Waals surface area contributed by atoms with Crippen molar-refractivity contribution in [1.29, 1.82) is 0 Å². The smallest absolute Gasteiger partial charge is 0.137 e. The summed E-state index contributed by atoms with van der Waals surface area (Å²) < 4.78 is 2.15. The molecule has 0 radical (unpaired) electrons. The summed E-state index contributed by atoms with van der Waals surface area (Å²) in [6.45, 7) is 3.58. The summed E-state index contributed by atoms with van der Waals surface area (Å²) in [5, 5.41) is 8.37. The van der Waals surface area contributed by atoms with Gasteiger partial charge in [-0.05, 0) is 25.5 Å². The zero-order chi connectivity index (χ0) is 12.1. The molecule has 0 amide bonds. The quantitative estimate of drug-likeness (QED) is 0.847. The molecule has 0 saturated heterocycles. The van der Waals surface area contributed by atoms with Crippen LogP contribution in [0.5, 0.6) is 0 Å². The molecule has 90 valence electrons. The van der Waals surface area contributed by atoms with Crippen LogP contribution in [0.3, 0.4) is 0 Å². The molecular formula is C13H18N4. The van der Waals surface area contributed by atoms with Crippen LogP contribution < -0.4 is 5.73 Å². The lowest BCUT2D eigenvalue weighted by Gasteiger charge is -2.07. The lowest BCUT2D eigenvalue weighted by Crippen LogP contribution is -2.10. The first-order valence-corrected chi connectivity index (χ1v) is 5.94. The number of rotatable bonds is 5. The van der Waals surface area contributed by atoms with Crippen LogP contribution in [0.4, 0.5) is 0 Å². The monoisotopic (exact) mass is 230 g/mol. The number of hydrogen-bond donors (Lipinski definition) is 1. The third-order valence-electron chi connectivity index (χ3n) is 2.80. The van der Waals surface area contributed by atoms with Crippen molar-refractivity contribution in [3.8, 4) is 0 Å². The minimum absolute atomic E-state index is 0.697. The molecule has 4 heteroatoms. The largest absolute Gasteiger partial charge is 0.330 e. The second-order valence-electron chi connectivity index (χ2n) is 4.12. The summed E-state index contributed by atoms with van der Waals surface area (Å²) in [4.78, 5) is 0. The van der Waals surface area contributed by atoms with Crippen molar-refractivity contribution in [2.45, 2.75) is 26.3 Å². The molecule has 0 spiro atoms. The fourth-order valence-electron chi connectivity index (χ4n) is 1.87. The Morgan fingerprint density at radius 3 is 2.65 bits per heavy atom. The molecule has 2 rings (SSSR count). The van der Waals surface area contributed by atoms with Gasteiger partial charge in [-0.2, -0.15) is 0 Å². The van der Waals surface area contributed by atoms with E-state index in [0.717, 1.165) is 31.0 Å². The van der Waals surface area contributed by atoms with Crippen LogP contribution in [0.15, 0.2) is 30.3 Å². The first kappa shape index (κ1) is 11.8. The molecule has 2 aromatic rings. The highest BCUT2D eigenvalue weighted by Crippen LogP contribution is 2.09. The molecule has 4 nitrogen and oxygen atoms in total. The fraction of sp³-hybridized carbons (Fsp3) is 0.385. The van der Waals surface area contributed by atoms with E-state index < -0.39 is 0 Å². The average Bonchev–Trinajstić information content (AvgIpc) is 2.69. The van der Waals surface area contributed by atoms with Gasteiger partial charge in [-0.15, -0.1) is 10.2 Å². The fourth-order valence-corrected chi connectivity index (χ4v) is 1.87. The van der Waals surface area contributed by atoms with Gasteiger partial charge < -0.3 is 10.3 Å². The van der Waals surface area contributed by atoms with E-state index in [4.69, 9.17) is 5.73 Å². The maximum atomic E-state index is 5.54. The molecule has 0 aliphatic rings. The van der Waals surface area contributed by atoms with Crippen LogP contribution >= 0.6 is 0 Å². The van der Waals surface area contributed by atoms with Crippen LogP contribution in [0.25, 0.3) is 0 Å². The van der Waals surface area contributed by atoms with Crippen molar-refractivity contribution in [2.75, 3.05) is 6.54 Å². The maximum absolute atomic E-state index is 5.54. The van der Waals surface area contributed by atoms with Gasteiger partial charge >= 0.3 is 0 Å². The van der Waals surface area contributed by atoms with Gasteiger partial charge in [-0.25, -0.2) is 0 Å². The van der Waals surface area contributed by atoms with Crippen molar-refractivity contribution >= 4 is 0 Å². The number of aromatic nitrogens is 3. The second kappa shape index (κ2) is 5.59. The van der Waals surface area contributed by atoms with E-state index in [1.807, 2.05) is 25.1 Å². The van der Waals surface area contributed by atoms with E-state index in [1.54, 1.807) is 0 Å². The highest BCUT2D eigenvalue weighted by atomic mass is 15.3. The Labute approximate surface area is 101 Å². The summed E-state index contributed by atoms with van der Waals surface area (Å²) >= 11 is 0. The third-order valence-corrected chi connectivity index (χ3v) is 2.80. The molecule has 1 aromatic heterocycles. The van der Waals surface area contributed by atoms with Crippen molar-refractivity contribution in [3.05, 3.63) is 47.5 Å². The Hall–Kier alpha value is -1.68. The average molecular weight is 230 g/mol. The van der Waals surface area contributed by atoms with Gasteiger partial charge in [-0.3, -0.25) is 0 Å². The molecular weight excluding hydrogens is 212 g/mol. The van der Waals surface area contributed by atoms with Gasteiger partial charge in [0.05, 0.1) is 0 Å². The van der Waals surface area contributed by atoms with E-state index in [-0.39, 0.29) is 0 Å². The normalized spacial score (nSPS) is 10.7. The lowest BCUT2D eigenvalue weighted by molar-refractivity contribution is 0.610. The molecule has 1 aromatic carbocycles. The zero-order valence-electron chi connectivity index (χ0n) is 10.1. The number of nitrogens with zero attached hydrogens (tertiary/aromatic N) is 3. The van der Waals surface area contributed by atoms with Gasteiger partial charge in [0.15, 0.2) is 0 Å². The molecule has 0 aliphatic carbocycles. The minimum Gasteiger partial charge on any atom is -0.330 e. The first-order valence-electron chi connectivity index (χ1n) is 5.94. The summed E-state index contributed by atoms with van der Waals surface area (Å²) in [6, 6.07) is 10.3. The predicted molar refractivity (Wildman–Crippen MR) is 67.7 cm³/mol. The van der Waals surface area contributed by atoms with Crippen molar-refractivity contribution in [1.82, 2.24) is 14.8 Å². The summed E-state index contributed by atoms with van der Waals surface area (Å²) in [6.07, 6.45) is 1.78. The van der Waals surface area contributed by atoms with Crippen LogP contribution in [-0.4, -0.2) is 21.3 Å². The Morgan fingerprint density at radius 2 is 1.94 bits per heavy atom. The molecule has 0 bridgehead atoms. The van der Waals surface area contributed by atoms with Crippen LogP contribution in [0.1, 0.15) is 23.6 Å². The number of aryl methyl sites for hydroxylation is 1. The van der Waals surface area contributed by atoms with E-state index in [1.165, 1.54) is 5.56 Å². The third kappa shape index (κ3) is 2.91.